The van der Waals surface area contributed by atoms with Crippen LogP contribution in [0.2, 0.25) is 0 Å². The standard InChI is InChI=1S/C22H26N2O2/c1-5-24-20-10-9-16(11-19(20)15(2)13-22(24,3)4)14-23-18-8-6-7-17(12-18)21(25)26/h6-12,14-15H,5,13H2,1-4H3,(H,25,26). The highest BCUT2D eigenvalue weighted by molar-refractivity contribution is 5.89. The maximum absolute atomic E-state index is 11.1. The van der Waals surface area contributed by atoms with Gasteiger partial charge in [-0.1, -0.05) is 19.1 Å². The van der Waals surface area contributed by atoms with Gasteiger partial charge in [0.25, 0.3) is 0 Å². The van der Waals surface area contributed by atoms with Gasteiger partial charge < -0.3 is 10.0 Å². The van der Waals surface area contributed by atoms with Gasteiger partial charge in [0, 0.05) is 24.0 Å². The maximum atomic E-state index is 11.1. The largest absolute Gasteiger partial charge is 0.478 e. The molecule has 0 saturated heterocycles. The minimum Gasteiger partial charge on any atom is -0.478 e. The first kappa shape index (κ1) is 18.2. The fourth-order valence-electron chi connectivity index (χ4n) is 4.06. The zero-order valence-electron chi connectivity index (χ0n) is 15.9. The zero-order valence-corrected chi connectivity index (χ0v) is 15.9. The molecule has 0 fully saturated rings. The highest BCUT2D eigenvalue weighted by Gasteiger charge is 2.35. The Labute approximate surface area is 155 Å². The summed E-state index contributed by atoms with van der Waals surface area (Å²) in [6.45, 7) is 10.1. The number of carboxylic acid groups (broad SMARTS) is 1. The zero-order chi connectivity index (χ0) is 18.9. The predicted octanol–water partition coefficient (Wildman–Crippen LogP) is 5.25. The van der Waals surface area contributed by atoms with Gasteiger partial charge in [0.1, 0.15) is 0 Å². The molecule has 4 nitrogen and oxygen atoms in total. The van der Waals surface area contributed by atoms with E-state index in [0.717, 1.165) is 18.5 Å². The molecular formula is C22H26N2O2. The van der Waals surface area contributed by atoms with Crippen molar-refractivity contribution in [1.82, 2.24) is 0 Å². The number of benzene rings is 2. The lowest BCUT2D eigenvalue weighted by Gasteiger charge is -2.47. The van der Waals surface area contributed by atoms with Crippen molar-refractivity contribution in [2.24, 2.45) is 4.99 Å². The minimum absolute atomic E-state index is 0.161. The molecule has 0 saturated carbocycles. The third kappa shape index (κ3) is 3.50. The van der Waals surface area contributed by atoms with Gasteiger partial charge in [-0.25, -0.2) is 4.79 Å². The van der Waals surface area contributed by atoms with Gasteiger partial charge in [-0.3, -0.25) is 4.99 Å². The van der Waals surface area contributed by atoms with Gasteiger partial charge in [-0.15, -0.1) is 0 Å². The fourth-order valence-corrected chi connectivity index (χ4v) is 4.06. The molecule has 0 aliphatic carbocycles. The van der Waals surface area contributed by atoms with E-state index in [9.17, 15) is 4.79 Å². The quantitative estimate of drug-likeness (QED) is 0.767. The van der Waals surface area contributed by atoms with E-state index in [0.29, 0.717) is 11.6 Å². The average Bonchev–Trinajstić information content (AvgIpc) is 2.60. The number of rotatable bonds is 4. The molecular weight excluding hydrogens is 324 g/mol. The first-order valence-corrected chi connectivity index (χ1v) is 9.11. The van der Waals surface area contributed by atoms with Crippen LogP contribution in [0.15, 0.2) is 47.5 Å². The summed E-state index contributed by atoms with van der Waals surface area (Å²) < 4.78 is 0. The Bertz CT molecular complexity index is 855. The smallest absolute Gasteiger partial charge is 0.335 e. The lowest BCUT2D eigenvalue weighted by molar-refractivity contribution is 0.0697. The Morgan fingerprint density at radius 3 is 2.77 bits per heavy atom. The van der Waals surface area contributed by atoms with Crippen LogP contribution in [0, 0.1) is 0 Å². The topological polar surface area (TPSA) is 52.9 Å². The van der Waals surface area contributed by atoms with Crippen LogP contribution in [0.3, 0.4) is 0 Å². The lowest BCUT2D eigenvalue weighted by Crippen LogP contribution is -2.48. The number of aliphatic imine (C=N–C) groups is 1. The van der Waals surface area contributed by atoms with Crippen molar-refractivity contribution in [1.29, 1.82) is 0 Å². The van der Waals surface area contributed by atoms with E-state index < -0.39 is 5.97 Å². The molecule has 4 heteroatoms. The van der Waals surface area contributed by atoms with Crippen molar-refractivity contribution in [2.75, 3.05) is 11.4 Å². The highest BCUT2D eigenvalue weighted by Crippen LogP contribution is 2.43. The third-order valence-electron chi connectivity index (χ3n) is 5.18. The molecule has 1 unspecified atom stereocenters. The molecule has 2 aromatic carbocycles. The first-order valence-electron chi connectivity index (χ1n) is 9.11. The summed E-state index contributed by atoms with van der Waals surface area (Å²) in [5, 5.41) is 9.09. The second kappa shape index (κ2) is 6.94. The minimum atomic E-state index is -0.938. The SMILES string of the molecule is CCN1c2ccc(C=Nc3cccc(C(=O)O)c3)cc2C(C)CC1(C)C. The van der Waals surface area contributed by atoms with Crippen LogP contribution >= 0.6 is 0 Å². The Hall–Kier alpha value is -2.62. The van der Waals surface area contributed by atoms with E-state index in [-0.39, 0.29) is 11.1 Å². The summed E-state index contributed by atoms with van der Waals surface area (Å²) in [6.07, 6.45) is 2.93. The molecule has 3 rings (SSSR count). The normalized spacial score (nSPS) is 18.8. The van der Waals surface area contributed by atoms with Gasteiger partial charge >= 0.3 is 5.97 Å². The number of hydrogen-bond donors (Lipinski definition) is 1. The summed E-state index contributed by atoms with van der Waals surface area (Å²) >= 11 is 0. The lowest BCUT2D eigenvalue weighted by atomic mass is 9.79. The van der Waals surface area contributed by atoms with Crippen LogP contribution in [0.1, 0.15) is 61.5 Å². The number of nitrogens with zero attached hydrogens (tertiary/aromatic N) is 2. The fraction of sp³-hybridized carbons (Fsp3) is 0.364. The Morgan fingerprint density at radius 1 is 1.31 bits per heavy atom. The molecule has 0 spiro atoms. The van der Waals surface area contributed by atoms with Gasteiger partial charge in [0.2, 0.25) is 0 Å². The summed E-state index contributed by atoms with van der Waals surface area (Å²) in [6, 6.07) is 13.2. The van der Waals surface area contributed by atoms with E-state index in [1.807, 2.05) is 12.3 Å². The van der Waals surface area contributed by atoms with E-state index >= 15 is 0 Å². The molecule has 1 N–H and O–H groups in total. The van der Waals surface area contributed by atoms with E-state index in [1.54, 1.807) is 18.2 Å². The number of carbonyl (C=O) groups is 1. The first-order chi connectivity index (χ1) is 12.3. The molecule has 0 bridgehead atoms. The molecule has 1 aliphatic heterocycles. The van der Waals surface area contributed by atoms with Gasteiger partial charge in [-0.2, -0.15) is 0 Å². The predicted molar refractivity (Wildman–Crippen MR) is 107 cm³/mol. The van der Waals surface area contributed by atoms with E-state index in [4.69, 9.17) is 5.11 Å². The van der Waals surface area contributed by atoms with Crippen molar-refractivity contribution in [3.63, 3.8) is 0 Å². The number of fused-ring (bicyclic) bond motifs is 1. The van der Waals surface area contributed by atoms with Crippen LogP contribution in [0.5, 0.6) is 0 Å². The van der Waals surface area contributed by atoms with E-state index in [2.05, 4.69) is 55.8 Å². The van der Waals surface area contributed by atoms with Crippen LogP contribution in [-0.2, 0) is 0 Å². The van der Waals surface area contributed by atoms with Crippen molar-refractivity contribution >= 4 is 23.6 Å². The van der Waals surface area contributed by atoms with Crippen molar-refractivity contribution < 1.29 is 9.90 Å². The number of carboxylic acids is 1. The molecule has 0 amide bonds. The molecule has 2 aromatic rings. The van der Waals surface area contributed by atoms with Crippen molar-refractivity contribution in [3.05, 3.63) is 59.2 Å². The summed E-state index contributed by atoms with van der Waals surface area (Å²) in [4.78, 5) is 18.0. The highest BCUT2D eigenvalue weighted by atomic mass is 16.4. The molecule has 1 aliphatic rings. The monoisotopic (exact) mass is 350 g/mol. The second-order valence-corrected chi connectivity index (χ2v) is 7.59. The molecule has 0 radical (unpaired) electrons. The van der Waals surface area contributed by atoms with Gasteiger partial charge in [0.15, 0.2) is 0 Å². The second-order valence-electron chi connectivity index (χ2n) is 7.59. The van der Waals surface area contributed by atoms with Crippen LogP contribution < -0.4 is 4.90 Å². The summed E-state index contributed by atoms with van der Waals surface area (Å²) in [5.41, 5.74) is 4.75. The molecule has 26 heavy (non-hydrogen) atoms. The summed E-state index contributed by atoms with van der Waals surface area (Å²) in [7, 11) is 0. The average molecular weight is 350 g/mol. The molecule has 1 heterocycles. The van der Waals surface area contributed by atoms with Crippen molar-refractivity contribution in [3.8, 4) is 0 Å². The van der Waals surface area contributed by atoms with Crippen LogP contribution in [-0.4, -0.2) is 29.4 Å². The van der Waals surface area contributed by atoms with E-state index in [1.165, 1.54) is 11.3 Å². The van der Waals surface area contributed by atoms with Crippen LogP contribution in [0.4, 0.5) is 11.4 Å². The maximum Gasteiger partial charge on any atom is 0.335 e. The van der Waals surface area contributed by atoms with Gasteiger partial charge in [0.05, 0.1) is 11.3 Å². The number of anilines is 1. The Morgan fingerprint density at radius 2 is 2.08 bits per heavy atom. The van der Waals surface area contributed by atoms with Crippen LogP contribution in [0.25, 0.3) is 0 Å². The number of hydrogen-bond acceptors (Lipinski definition) is 3. The van der Waals surface area contributed by atoms with Gasteiger partial charge in [-0.05, 0) is 74.6 Å². The number of aromatic carboxylic acids is 1. The molecule has 0 aromatic heterocycles. The molecule has 1 atom stereocenters. The third-order valence-corrected chi connectivity index (χ3v) is 5.18. The Kier molecular flexibility index (Phi) is 4.86. The molecule has 136 valence electrons. The Balaban J connectivity index is 1.91. The van der Waals surface area contributed by atoms with Crippen molar-refractivity contribution in [2.45, 2.75) is 45.6 Å². The summed E-state index contributed by atoms with van der Waals surface area (Å²) in [5.74, 6) is -0.446.